The van der Waals surface area contributed by atoms with Crippen molar-refractivity contribution in [1.82, 2.24) is 14.6 Å². The second-order valence-corrected chi connectivity index (χ2v) is 5.11. The molecule has 0 N–H and O–H groups in total. The number of aryl methyl sites for hydroxylation is 1. The van der Waals surface area contributed by atoms with Gasteiger partial charge in [-0.05, 0) is 44.4 Å². The Balaban J connectivity index is 2.09. The summed E-state index contributed by atoms with van der Waals surface area (Å²) in [5.74, 6) is 0.545. The predicted octanol–water partition coefficient (Wildman–Crippen LogP) is 2.02. The first-order valence-electron chi connectivity index (χ1n) is 6.66. The summed E-state index contributed by atoms with van der Waals surface area (Å²) in [4.78, 5) is 12.3. The summed E-state index contributed by atoms with van der Waals surface area (Å²) in [6.07, 6.45) is 4.54. The fourth-order valence-electron chi connectivity index (χ4n) is 2.64. The van der Waals surface area contributed by atoms with Gasteiger partial charge in [-0.25, -0.2) is 0 Å². The fourth-order valence-corrected chi connectivity index (χ4v) is 2.64. The van der Waals surface area contributed by atoms with E-state index in [0.717, 1.165) is 30.5 Å². The molecule has 0 spiro atoms. The maximum atomic E-state index is 12.3. The molecular weight excluding hydrogens is 242 g/mol. The molecule has 0 atom stereocenters. The van der Waals surface area contributed by atoms with E-state index in [1.54, 1.807) is 0 Å². The van der Waals surface area contributed by atoms with Gasteiger partial charge < -0.3 is 4.74 Å². The molecule has 1 aliphatic carbocycles. The molecular formula is C14H17N3O2. The topological polar surface area (TPSA) is 56.5 Å². The lowest BCUT2D eigenvalue weighted by Crippen LogP contribution is -2.45. The summed E-state index contributed by atoms with van der Waals surface area (Å²) in [6, 6.07) is 3.96. The number of rotatable bonds is 3. The Labute approximate surface area is 111 Å². The highest BCUT2D eigenvalue weighted by molar-refractivity contribution is 5.83. The van der Waals surface area contributed by atoms with Crippen LogP contribution in [0.3, 0.4) is 0 Å². The van der Waals surface area contributed by atoms with E-state index < -0.39 is 5.41 Å². The Kier molecular flexibility index (Phi) is 2.77. The monoisotopic (exact) mass is 259 g/mol. The van der Waals surface area contributed by atoms with Crippen molar-refractivity contribution in [2.75, 3.05) is 6.61 Å². The summed E-state index contributed by atoms with van der Waals surface area (Å²) in [6.45, 7) is 4.24. The van der Waals surface area contributed by atoms with Gasteiger partial charge in [-0.3, -0.25) is 9.20 Å². The number of ether oxygens (including phenoxy) is 1. The standard InChI is InChI=1S/C14H17N3O2/c1-3-19-13(18)14(6-4-7-14)12-16-15-11-9-10(2)5-8-17(11)12/h5,8-9H,3-4,6-7H2,1-2H3. The van der Waals surface area contributed by atoms with Crippen LogP contribution in [0.4, 0.5) is 0 Å². The summed E-state index contributed by atoms with van der Waals surface area (Å²) >= 11 is 0. The van der Waals surface area contributed by atoms with Gasteiger partial charge in [0.15, 0.2) is 11.5 Å². The van der Waals surface area contributed by atoms with Crippen LogP contribution in [0.25, 0.3) is 5.65 Å². The average molecular weight is 259 g/mol. The number of carbonyl (C=O) groups is 1. The van der Waals surface area contributed by atoms with Crippen LogP contribution in [0, 0.1) is 6.92 Å². The van der Waals surface area contributed by atoms with E-state index in [9.17, 15) is 4.79 Å². The summed E-state index contributed by atoms with van der Waals surface area (Å²) < 4.78 is 7.13. The molecule has 5 nitrogen and oxygen atoms in total. The highest BCUT2D eigenvalue weighted by atomic mass is 16.5. The minimum Gasteiger partial charge on any atom is -0.465 e. The number of hydrogen-bond acceptors (Lipinski definition) is 4. The molecule has 0 saturated heterocycles. The van der Waals surface area contributed by atoms with E-state index in [1.165, 1.54) is 0 Å². The molecule has 3 rings (SSSR count). The Bertz CT molecular complexity index is 629. The van der Waals surface area contributed by atoms with E-state index in [-0.39, 0.29) is 5.97 Å². The fraction of sp³-hybridized carbons (Fsp3) is 0.500. The van der Waals surface area contributed by atoms with Gasteiger partial charge in [0, 0.05) is 6.20 Å². The molecule has 100 valence electrons. The third-order valence-corrected chi connectivity index (χ3v) is 3.87. The van der Waals surface area contributed by atoms with Crippen molar-refractivity contribution >= 4 is 11.6 Å². The molecule has 19 heavy (non-hydrogen) atoms. The molecule has 0 aromatic carbocycles. The SMILES string of the molecule is CCOC(=O)C1(c2nnc3cc(C)ccn23)CCC1. The predicted molar refractivity (Wildman–Crippen MR) is 69.9 cm³/mol. The molecule has 0 unspecified atom stereocenters. The Hall–Kier alpha value is -1.91. The van der Waals surface area contributed by atoms with E-state index in [0.29, 0.717) is 12.4 Å². The average Bonchev–Trinajstić information content (AvgIpc) is 2.71. The molecule has 2 heterocycles. The van der Waals surface area contributed by atoms with Crippen molar-refractivity contribution in [3.63, 3.8) is 0 Å². The van der Waals surface area contributed by atoms with Crippen LogP contribution >= 0.6 is 0 Å². The highest BCUT2D eigenvalue weighted by Crippen LogP contribution is 2.44. The number of esters is 1. The number of pyridine rings is 1. The van der Waals surface area contributed by atoms with Gasteiger partial charge in [0.2, 0.25) is 0 Å². The number of carbonyl (C=O) groups excluding carboxylic acids is 1. The molecule has 1 aliphatic rings. The smallest absolute Gasteiger partial charge is 0.319 e. The van der Waals surface area contributed by atoms with Gasteiger partial charge >= 0.3 is 5.97 Å². The minimum absolute atomic E-state index is 0.170. The van der Waals surface area contributed by atoms with Crippen LogP contribution in [0.1, 0.15) is 37.6 Å². The number of hydrogen-bond donors (Lipinski definition) is 0. The van der Waals surface area contributed by atoms with Crippen molar-refractivity contribution in [3.05, 3.63) is 29.7 Å². The first-order valence-corrected chi connectivity index (χ1v) is 6.66. The van der Waals surface area contributed by atoms with Crippen LogP contribution in [-0.2, 0) is 14.9 Å². The molecule has 0 bridgehead atoms. The first kappa shape index (κ1) is 12.1. The van der Waals surface area contributed by atoms with Crippen molar-refractivity contribution in [2.45, 2.75) is 38.5 Å². The van der Waals surface area contributed by atoms with E-state index in [4.69, 9.17) is 4.74 Å². The molecule has 0 radical (unpaired) electrons. The van der Waals surface area contributed by atoms with Gasteiger partial charge in [-0.1, -0.05) is 6.42 Å². The third-order valence-electron chi connectivity index (χ3n) is 3.87. The maximum Gasteiger partial charge on any atom is 0.319 e. The highest BCUT2D eigenvalue weighted by Gasteiger charge is 2.50. The van der Waals surface area contributed by atoms with Crippen molar-refractivity contribution < 1.29 is 9.53 Å². The second-order valence-electron chi connectivity index (χ2n) is 5.11. The summed E-state index contributed by atoms with van der Waals surface area (Å²) in [5, 5.41) is 8.42. The van der Waals surface area contributed by atoms with Crippen LogP contribution in [0.15, 0.2) is 18.3 Å². The zero-order chi connectivity index (χ0) is 13.5. The third kappa shape index (κ3) is 1.72. The van der Waals surface area contributed by atoms with E-state index >= 15 is 0 Å². The summed E-state index contributed by atoms with van der Waals surface area (Å²) in [7, 11) is 0. The molecule has 0 amide bonds. The Morgan fingerprint density at radius 3 is 2.89 bits per heavy atom. The van der Waals surface area contributed by atoms with Gasteiger partial charge in [-0.2, -0.15) is 0 Å². The molecule has 1 saturated carbocycles. The van der Waals surface area contributed by atoms with E-state index in [2.05, 4.69) is 10.2 Å². The quantitative estimate of drug-likeness (QED) is 0.791. The normalized spacial score (nSPS) is 17.2. The summed E-state index contributed by atoms with van der Waals surface area (Å²) in [5.41, 5.74) is 1.32. The number of aromatic nitrogens is 3. The Morgan fingerprint density at radius 1 is 1.47 bits per heavy atom. The van der Waals surface area contributed by atoms with Crippen molar-refractivity contribution in [2.24, 2.45) is 0 Å². The maximum absolute atomic E-state index is 12.3. The lowest BCUT2D eigenvalue weighted by molar-refractivity contribution is -0.154. The molecule has 2 aromatic rings. The lowest BCUT2D eigenvalue weighted by atomic mass is 9.68. The van der Waals surface area contributed by atoms with Crippen molar-refractivity contribution in [3.8, 4) is 0 Å². The molecule has 1 fully saturated rings. The molecule has 5 heteroatoms. The number of nitrogens with zero attached hydrogens (tertiary/aromatic N) is 3. The van der Waals surface area contributed by atoms with Crippen LogP contribution in [0.5, 0.6) is 0 Å². The van der Waals surface area contributed by atoms with E-state index in [1.807, 2.05) is 36.6 Å². The van der Waals surface area contributed by atoms with Crippen LogP contribution < -0.4 is 0 Å². The van der Waals surface area contributed by atoms with Crippen molar-refractivity contribution in [1.29, 1.82) is 0 Å². The van der Waals surface area contributed by atoms with Gasteiger partial charge in [0.05, 0.1) is 6.61 Å². The molecule has 2 aromatic heterocycles. The van der Waals surface area contributed by atoms with Crippen LogP contribution in [0.2, 0.25) is 0 Å². The zero-order valence-electron chi connectivity index (χ0n) is 11.2. The minimum atomic E-state index is -0.593. The first-order chi connectivity index (χ1) is 9.17. The largest absolute Gasteiger partial charge is 0.465 e. The van der Waals surface area contributed by atoms with Gasteiger partial charge in [0.25, 0.3) is 0 Å². The second kappa shape index (κ2) is 4.33. The molecule has 0 aliphatic heterocycles. The van der Waals surface area contributed by atoms with Gasteiger partial charge in [0.1, 0.15) is 5.41 Å². The lowest BCUT2D eigenvalue weighted by Gasteiger charge is -2.37. The van der Waals surface area contributed by atoms with Crippen LogP contribution in [-0.4, -0.2) is 27.2 Å². The Morgan fingerprint density at radius 2 is 2.26 bits per heavy atom. The number of fused-ring (bicyclic) bond motifs is 1. The zero-order valence-corrected chi connectivity index (χ0v) is 11.2. The van der Waals surface area contributed by atoms with Gasteiger partial charge in [-0.15, -0.1) is 10.2 Å².